The van der Waals surface area contributed by atoms with Gasteiger partial charge in [-0.05, 0) is 37.1 Å². The largest absolute Gasteiger partial charge is 0.380 e. The van der Waals surface area contributed by atoms with E-state index in [1.54, 1.807) is 7.11 Å². The van der Waals surface area contributed by atoms with Crippen molar-refractivity contribution < 1.29 is 9.53 Å². The molecule has 1 atom stereocenters. The molecule has 2 rings (SSSR count). The smallest absolute Gasteiger partial charge is 0.241 e. The van der Waals surface area contributed by atoms with Crippen LogP contribution in [0, 0.1) is 0 Å². The zero-order chi connectivity index (χ0) is 12.1. The fraction of sp³-hybridized carbons (Fsp3) is 0.462. The minimum Gasteiger partial charge on any atom is -0.380 e. The minimum atomic E-state index is -0.0407. The highest BCUT2D eigenvalue weighted by Gasteiger charge is 2.21. The van der Waals surface area contributed by atoms with Crippen LogP contribution < -0.4 is 10.6 Å². The van der Waals surface area contributed by atoms with Crippen molar-refractivity contribution in [1.29, 1.82) is 0 Å². The zero-order valence-electron chi connectivity index (χ0n) is 10.0. The van der Waals surface area contributed by atoms with Gasteiger partial charge in [0.1, 0.15) is 0 Å². The topological polar surface area (TPSA) is 50.4 Å². The summed E-state index contributed by atoms with van der Waals surface area (Å²) < 4.78 is 5.06. The van der Waals surface area contributed by atoms with Crippen molar-refractivity contribution in [3.63, 3.8) is 0 Å². The Labute approximate surface area is 101 Å². The van der Waals surface area contributed by atoms with Gasteiger partial charge in [0.25, 0.3) is 0 Å². The molecule has 0 aliphatic carbocycles. The van der Waals surface area contributed by atoms with Crippen LogP contribution in [0.15, 0.2) is 24.3 Å². The molecule has 1 aromatic carbocycles. The normalized spacial score (nSPS) is 19.2. The average molecular weight is 234 g/mol. The maximum atomic E-state index is 11.9. The molecule has 0 radical (unpaired) electrons. The van der Waals surface area contributed by atoms with Gasteiger partial charge < -0.3 is 15.4 Å². The number of carbonyl (C=O) groups is 1. The number of amides is 1. The summed E-state index contributed by atoms with van der Waals surface area (Å²) >= 11 is 0. The van der Waals surface area contributed by atoms with Crippen molar-refractivity contribution in [1.82, 2.24) is 5.32 Å². The van der Waals surface area contributed by atoms with Crippen LogP contribution in [0.1, 0.15) is 18.4 Å². The van der Waals surface area contributed by atoms with E-state index < -0.39 is 0 Å². The van der Waals surface area contributed by atoms with Crippen molar-refractivity contribution in [3.8, 4) is 0 Å². The number of benzene rings is 1. The third-order valence-corrected chi connectivity index (χ3v) is 2.88. The lowest BCUT2D eigenvalue weighted by Crippen LogP contribution is -2.35. The second-order valence-electron chi connectivity index (χ2n) is 4.27. The van der Waals surface area contributed by atoms with E-state index in [0.29, 0.717) is 6.61 Å². The van der Waals surface area contributed by atoms with Crippen LogP contribution in [0.5, 0.6) is 0 Å². The predicted molar refractivity (Wildman–Crippen MR) is 66.8 cm³/mol. The van der Waals surface area contributed by atoms with Crippen LogP contribution in [-0.2, 0) is 16.1 Å². The van der Waals surface area contributed by atoms with E-state index in [9.17, 15) is 4.79 Å². The van der Waals surface area contributed by atoms with Crippen LogP contribution >= 0.6 is 0 Å². The van der Waals surface area contributed by atoms with E-state index in [-0.39, 0.29) is 11.9 Å². The summed E-state index contributed by atoms with van der Waals surface area (Å²) in [6.45, 7) is 1.49. The van der Waals surface area contributed by atoms with Crippen LogP contribution in [-0.4, -0.2) is 25.6 Å². The number of methoxy groups -OCH3 is 1. The van der Waals surface area contributed by atoms with E-state index >= 15 is 0 Å². The summed E-state index contributed by atoms with van der Waals surface area (Å²) in [6.07, 6.45) is 1.99. The lowest BCUT2D eigenvalue weighted by atomic mass is 10.2. The molecule has 1 amide bonds. The SMILES string of the molecule is COCc1cccc(NC(=O)[C@H]2CCCN2)c1. The first-order valence-corrected chi connectivity index (χ1v) is 5.92. The number of hydrogen-bond donors (Lipinski definition) is 2. The molecule has 1 saturated heterocycles. The summed E-state index contributed by atoms with van der Waals surface area (Å²) in [6, 6.07) is 7.70. The predicted octanol–water partition coefficient (Wildman–Crippen LogP) is 1.52. The zero-order valence-corrected chi connectivity index (χ0v) is 10.0. The molecule has 1 aliphatic heterocycles. The fourth-order valence-corrected chi connectivity index (χ4v) is 2.04. The molecule has 0 saturated carbocycles. The Morgan fingerprint density at radius 2 is 2.47 bits per heavy atom. The van der Waals surface area contributed by atoms with Crippen molar-refractivity contribution in [3.05, 3.63) is 29.8 Å². The molecule has 92 valence electrons. The molecular weight excluding hydrogens is 216 g/mol. The van der Waals surface area contributed by atoms with Gasteiger partial charge in [0, 0.05) is 12.8 Å². The van der Waals surface area contributed by atoms with Crippen molar-refractivity contribution in [2.75, 3.05) is 19.0 Å². The second-order valence-corrected chi connectivity index (χ2v) is 4.27. The van der Waals surface area contributed by atoms with Gasteiger partial charge in [-0.1, -0.05) is 12.1 Å². The number of nitrogens with one attached hydrogen (secondary N) is 2. The van der Waals surface area contributed by atoms with Crippen LogP contribution in [0.4, 0.5) is 5.69 Å². The second kappa shape index (κ2) is 5.80. The van der Waals surface area contributed by atoms with Crippen molar-refractivity contribution in [2.24, 2.45) is 0 Å². The molecule has 0 spiro atoms. The van der Waals surface area contributed by atoms with Crippen LogP contribution in [0.25, 0.3) is 0 Å². The fourth-order valence-electron chi connectivity index (χ4n) is 2.04. The highest BCUT2D eigenvalue weighted by Crippen LogP contribution is 2.13. The standard InChI is InChI=1S/C13H18N2O2/c1-17-9-10-4-2-5-11(8-10)15-13(16)12-6-3-7-14-12/h2,4-5,8,12,14H,3,6-7,9H2,1H3,(H,15,16)/t12-/m1/s1. The van der Waals surface area contributed by atoms with Gasteiger partial charge in [-0.15, -0.1) is 0 Å². The highest BCUT2D eigenvalue weighted by molar-refractivity contribution is 5.95. The van der Waals surface area contributed by atoms with Crippen LogP contribution in [0.2, 0.25) is 0 Å². The lowest BCUT2D eigenvalue weighted by Gasteiger charge is -2.11. The Balaban J connectivity index is 1.97. The van der Waals surface area contributed by atoms with Crippen LogP contribution in [0.3, 0.4) is 0 Å². The average Bonchev–Trinajstić information content (AvgIpc) is 2.83. The maximum absolute atomic E-state index is 11.9. The molecule has 2 N–H and O–H groups in total. The summed E-state index contributed by atoms with van der Waals surface area (Å²) in [5, 5.41) is 6.11. The summed E-state index contributed by atoms with van der Waals surface area (Å²) in [4.78, 5) is 11.9. The molecule has 0 bridgehead atoms. The Kier molecular flexibility index (Phi) is 4.12. The first kappa shape index (κ1) is 12.1. The van der Waals surface area contributed by atoms with Gasteiger partial charge >= 0.3 is 0 Å². The summed E-state index contributed by atoms with van der Waals surface area (Å²) in [5.41, 5.74) is 1.89. The summed E-state index contributed by atoms with van der Waals surface area (Å²) in [5.74, 6) is 0.0528. The molecule has 4 nitrogen and oxygen atoms in total. The first-order valence-electron chi connectivity index (χ1n) is 5.92. The molecule has 1 fully saturated rings. The molecule has 4 heteroatoms. The monoisotopic (exact) mass is 234 g/mol. The number of anilines is 1. The van der Waals surface area contributed by atoms with E-state index in [1.807, 2.05) is 24.3 Å². The van der Waals surface area contributed by atoms with Gasteiger partial charge in [0.2, 0.25) is 5.91 Å². The number of rotatable bonds is 4. The van der Waals surface area contributed by atoms with Gasteiger partial charge in [0.15, 0.2) is 0 Å². The molecule has 1 aliphatic rings. The highest BCUT2D eigenvalue weighted by atomic mass is 16.5. The van der Waals surface area contributed by atoms with E-state index in [0.717, 1.165) is 30.6 Å². The molecule has 17 heavy (non-hydrogen) atoms. The first-order chi connectivity index (χ1) is 8.29. The quantitative estimate of drug-likeness (QED) is 0.830. The summed E-state index contributed by atoms with van der Waals surface area (Å²) in [7, 11) is 1.66. The van der Waals surface area contributed by atoms with E-state index in [1.165, 1.54) is 0 Å². The number of ether oxygens (including phenoxy) is 1. The Hall–Kier alpha value is -1.39. The molecule has 1 aromatic rings. The number of carbonyl (C=O) groups excluding carboxylic acids is 1. The maximum Gasteiger partial charge on any atom is 0.241 e. The molecular formula is C13H18N2O2. The van der Waals surface area contributed by atoms with E-state index in [4.69, 9.17) is 4.74 Å². The Morgan fingerprint density at radius 1 is 1.59 bits per heavy atom. The molecule has 1 heterocycles. The third-order valence-electron chi connectivity index (χ3n) is 2.88. The van der Waals surface area contributed by atoms with Crippen molar-refractivity contribution in [2.45, 2.75) is 25.5 Å². The van der Waals surface area contributed by atoms with E-state index in [2.05, 4.69) is 10.6 Å². The minimum absolute atomic E-state index is 0.0407. The Morgan fingerprint density at radius 3 is 3.18 bits per heavy atom. The molecule has 0 aromatic heterocycles. The number of hydrogen-bond acceptors (Lipinski definition) is 3. The third kappa shape index (κ3) is 3.28. The van der Waals surface area contributed by atoms with Gasteiger partial charge in [-0.3, -0.25) is 4.79 Å². The van der Waals surface area contributed by atoms with Gasteiger partial charge in [-0.25, -0.2) is 0 Å². The molecule has 0 unspecified atom stereocenters. The Bertz CT molecular complexity index is 387. The lowest BCUT2D eigenvalue weighted by molar-refractivity contribution is -0.117. The van der Waals surface area contributed by atoms with Gasteiger partial charge in [0.05, 0.1) is 12.6 Å². The van der Waals surface area contributed by atoms with Gasteiger partial charge in [-0.2, -0.15) is 0 Å². The van der Waals surface area contributed by atoms with Crippen molar-refractivity contribution >= 4 is 11.6 Å².